The van der Waals surface area contributed by atoms with Gasteiger partial charge < -0.3 is 24.6 Å². The highest BCUT2D eigenvalue weighted by atomic mass is 32.2. The Balaban J connectivity index is 2.00. The number of benzene rings is 1. The van der Waals surface area contributed by atoms with Crippen LogP contribution in [0.2, 0.25) is 0 Å². The number of likely N-dealkylation sites (N-methyl/N-ethyl adjacent to an activating group) is 1. The second kappa shape index (κ2) is 10.5. The summed E-state index contributed by atoms with van der Waals surface area (Å²) in [7, 11) is -0.957. The number of amides is 3. The molecule has 1 aliphatic rings. The van der Waals surface area contributed by atoms with Crippen LogP contribution in [0.25, 0.3) is 0 Å². The zero-order valence-electron chi connectivity index (χ0n) is 17.9. The lowest BCUT2D eigenvalue weighted by atomic mass is 10.3. The first-order valence-corrected chi connectivity index (χ1v) is 11.2. The number of nitrogens with zero attached hydrogens (tertiary/aromatic N) is 3. The normalized spacial score (nSPS) is 14.9. The van der Waals surface area contributed by atoms with E-state index in [1.165, 1.54) is 29.5 Å². The molecule has 30 heavy (non-hydrogen) atoms. The Morgan fingerprint density at radius 1 is 1.07 bits per heavy atom. The van der Waals surface area contributed by atoms with Crippen molar-refractivity contribution in [3.05, 3.63) is 18.2 Å². The summed E-state index contributed by atoms with van der Waals surface area (Å²) in [5.41, 5.74) is 0. The van der Waals surface area contributed by atoms with E-state index in [9.17, 15) is 18.0 Å². The summed E-state index contributed by atoms with van der Waals surface area (Å²) >= 11 is 0. The van der Waals surface area contributed by atoms with Crippen molar-refractivity contribution in [1.82, 2.24) is 19.4 Å². The van der Waals surface area contributed by atoms with Crippen LogP contribution in [0.1, 0.15) is 13.8 Å². The van der Waals surface area contributed by atoms with Crippen LogP contribution in [0.3, 0.4) is 0 Å². The van der Waals surface area contributed by atoms with E-state index in [0.29, 0.717) is 18.8 Å². The van der Waals surface area contributed by atoms with Crippen molar-refractivity contribution in [2.75, 3.05) is 60.0 Å². The highest BCUT2D eigenvalue weighted by molar-refractivity contribution is 7.89. The molecule has 1 N–H and O–H groups in total. The molecule has 1 saturated heterocycles. The van der Waals surface area contributed by atoms with Gasteiger partial charge in [-0.15, -0.1) is 0 Å². The van der Waals surface area contributed by atoms with Gasteiger partial charge in [0.25, 0.3) is 0 Å². The minimum atomic E-state index is -3.82. The molecule has 0 atom stereocenters. The summed E-state index contributed by atoms with van der Waals surface area (Å²) in [6.07, 6.45) is 0. The van der Waals surface area contributed by atoms with Gasteiger partial charge in [-0.25, -0.2) is 13.2 Å². The molecule has 168 valence electrons. The Kier molecular flexibility index (Phi) is 8.30. The van der Waals surface area contributed by atoms with Gasteiger partial charge in [0.15, 0.2) is 0 Å². The van der Waals surface area contributed by atoms with Crippen LogP contribution in [0.5, 0.6) is 11.5 Å². The van der Waals surface area contributed by atoms with Gasteiger partial charge in [-0.3, -0.25) is 4.79 Å². The molecule has 1 fully saturated rings. The van der Waals surface area contributed by atoms with Gasteiger partial charge in [0.2, 0.25) is 15.9 Å². The van der Waals surface area contributed by atoms with E-state index in [1.807, 2.05) is 13.8 Å². The largest absolute Gasteiger partial charge is 0.497 e. The van der Waals surface area contributed by atoms with Gasteiger partial charge in [-0.1, -0.05) is 0 Å². The molecular weight excluding hydrogens is 412 g/mol. The van der Waals surface area contributed by atoms with Gasteiger partial charge in [0.1, 0.15) is 16.4 Å². The third-order valence-electron chi connectivity index (χ3n) is 5.02. The van der Waals surface area contributed by atoms with Gasteiger partial charge >= 0.3 is 6.03 Å². The minimum absolute atomic E-state index is 0.0204. The average Bonchev–Trinajstić information content (AvgIpc) is 2.77. The summed E-state index contributed by atoms with van der Waals surface area (Å²) in [4.78, 5) is 27.5. The molecule has 0 bridgehead atoms. The molecule has 3 amide bonds. The SMILES string of the molecule is CCN(CC)C(=O)CNC(=O)N1CCN(S(=O)(=O)c2cc(OC)ccc2OC)CC1. The highest BCUT2D eigenvalue weighted by Gasteiger charge is 2.32. The van der Waals surface area contributed by atoms with Crippen molar-refractivity contribution in [2.45, 2.75) is 18.7 Å². The third-order valence-corrected chi connectivity index (χ3v) is 6.94. The fourth-order valence-electron chi connectivity index (χ4n) is 3.21. The second-order valence-electron chi connectivity index (χ2n) is 6.63. The summed E-state index contributed by atoms with van der Waals surface area (Å²) in [6, 6.07) is 4.21. The van der Waals surface area contributed by atoms with Crippen molar-refractivity contribution in [1.29, 1.82) is 0 Å². The van der Waals surface area contributed by atoms with E-state index in [2.05, 4.69) is 5.32 Å². The summed E-state index contributed by atoms with van der Waals surface area (Å²) < 4.78 is 37.8. The Hall–Kier alpha value is -2.53. The zero-order chi connectivity index (χ0) is 22.3. The number of urea groups is 1. The first-order valence-electron chi connectivity index (χ1n) is 9.81. The third kappa shape index (κ3) is 5.33. The topological polar surface area (TPSA) is 108 Å². The molecule has 1 heterocycles. The lowest BCUT2D eigenvalue weighted by Crippen LogP contribution is -2.54. The average molecular weight is 443 g/mol. The number of sulfonamides is 1. The fourth-order valence-corrected chi connectivity index (χ4v) is 4.80. The first-order chi connectivity index (χ1) is 14.3. The molecule has 1 aromatic rings. The first kappa shape index (κ1) is 23.7. The fraction of sp³-hybridized carbons (Fsp3) is 0.579. The number of piperazine rings is 1. The number of carbonyl (C=O) groups excluding carboxylic acids is 2. The molecule has 11 heteroatoms. The van der Waals surface area contributed by atoms with Crippen LogP contribution in [0, 0.1) is 0 Å². The van der Waals surface area contributed by atoms with Crippen LogP contribution >= 0.6 is 0 Å². The van der Waals surface area contributed by atoms with Crippen LogP contribution in [-0.2, 0) is 14.8 Å². The van der Waals surface area contributed by atoms with Crippen LogP contribution in [0.4, 0.5) is 4.79 Å². The molecule has 1 aliphatic heterocycles. The monoisotopic (exact) mass is 442 g/mol. The maximum absolute atomic E-state index is 13.1. The standard InChI is InChI=1S/C19H30N4O6S/c1-5-21(6-2)18(24)14-20-19(25)22-9-11-23(12-10-22)30(26,27)17-13-15(28-3)7-8-16(17)29-4/h7-8,13H,5-6,9-12,14H2,1-4H3,(H,20,25). The molecule has 2 rings (SSSR count). The van der Waals surface area contributed by atoms with Crippen molar-refractivity contribution < 1.29 is 27.5 Å². The van der Waals surface area contributed by atoms with Gasteiger partial charge in [0, 0.05) is 45.3 Å². The number of ether oxygens (including phenoxy) is 2. The van der Waals surface area contributed by atoms with Crippen molar-refractivity contribution in [3.8, 4) is 11.5 Å². The minimum Gasteiger partial charge on any atom is -0.497 e. The second-order valence-corrected chi connectivity index (χ2v) is 8.54. The van der Waals surface area contributed by atoms with Crippen LogP contribution in [0.15, 0.2) is 23.1 Å². The lowest BCUT2D eigenvalue weighted by Gasteiger charge is -2.34. The molecule has 1 aromatic carbocycles. The van der Waals surface area contributed by atoms with Gasteiger partial charge in [-0.05, 0) is 26.0 Å². The number of hydrogen-bond acceptors (Lipinski definition) is 6. The quantitative estimate of drug-likeness (QED) is 0.631. The molecule has 0 radical (unpaired) electrons. The Morgan fingerprint density at radius 3 is 2.23 bits per heavy atom. The summed E-state index contributed by atoms with van der Waals surface area (Å²) in [5.74, 6) is 0.482. The molecular formula is C19H30N4O6S. The summed E-state index contributed by atoms with van der Waals surface area (Å²) in [6.45, 7) is 5.54. The predicted octanol–water partition coefficient (Wildman–Crippen LogP) is 0.588. The van der Waals surface area contributed by atoms with E-state index in [4.69, 9.17) is 9.47 Å². The van der Waals surface area contributed by atoms with E-state index in [1.54, 1.807) is 17.0 Å². The Labute approximate surface area is 177 Å². The number of rotatable bonds is 8. The van der Waals surface area contributed by atoms with E-state index in [0.717, 1.165) is 0 Å². The van der Waals surface area contributed by atoms with Crippen molar-refractivity contribution >= 4 is 22.0 Å². The van der Waals surface area contributed by atoms with Crippen molar-refractivity contribution in [3.63, 3.8) is 0 Å². The van der Waals surface area contributed by atoms with Gasteiger partial charge in [0.05, 0.1) is 20.8 Å². The Morgan fingerprint density at radius 2 is 1.70 bits per heavy atom. The smallest absolute Gasteiger partial charge is 0.317 e. The number of nitrogens with one attached hydrogen (secondary N) is 1. The zero-order valence-corrected chi connectivity index (χ0v) is 18.7. The van der Waals surface area contributed by atoms with Crippen molar-refractivity contribution in [2.24, 2.45) is 0 Å². The Bertz CT molecular complexity index is 849. The predicted molar refractivity (Wildman–Crippen MR) is 111 cm³/mol. The van der Waals surface area contributed by atoms with Crippen LogP contribution in [-0.4, -0.2) is 94.5 Å². The number of carbonyl (C=O) groups is 2. The highest BCUT2D eigenvalue weighted by Crippen LogP contribution is 2.31. The molecule has 0 saturated carbocycles. The van der Waals surface area contributed by atoms with Gasteiger partial charge in [-0.2, -0.15) is 4.31 Å². The van der Waals surface area contributed by atoms with E-state index >= 15 is 0 Å². The van der Waals surface area contributed by atoms with E-state index < -0.39 is 10.0 Å². The maximum Gasteiger partial charge on any atom is 0.317 e. The molecule has 0 unspecified atom stereocenters. The van der Waals surface area contributed by atoms with E-state index in [-0.39, 0.29) is 55.3 Å². The molecule has 0 aromatic heterocycles. The van der Waals surface area contributed by atoms with Crippen LogP contribution < -0.4 is 14.8 Å². The molecule has 0 aliphatic carbocycles. The molecule has 0 spiro atoms. The number of hydrogen-bond donors (Lipinski definition) is 1. The summed E-state index contributed by atoms with van der Waals surface area (Å²) in [5, 5.41) is 2.61. The maximum atomic E-state index is 13.1. The number of methoxy groups -OCH3 is 2. The molecule has 10 nitrogen and oxygen atoms in total. The lowest BCUT2D eigenvalue weighted by molar-refractivity contribution is -0.129.